The molecule has 2 fully saturated rings. The maximum Gasteiger partial charge on any atom is 0.416 e. The smallest absolute Gasteiger partial charge is 0.416 e. The van der Waals surface area contributed by atoms with Crippen molar-refractivity contribution in [2.75, 3.05) is 32.8 Å². The second kappa shape index (κ2) is 10.9. The summed E-state index contributed by atoms with van der Waals surface area (Å²) in [7, 11) is -4.12. The Kier molecular flexibility index (Phi) is 8.38. The van der Waals surface area contributed by atoms with E-state index >= 15 is 0 Å². The first kappa shape index (κ1) is 25.5. The number of rotatable bonds is 5. The number of benzene rings is 1. The molecule has 2 aliphatic heterocycles. The Bertz CT molecular complexity index is 936. The lowest BCUT2D eigenvalue weighted by Gasteiger charge is -2.30. The number of amides is 1. The monoisotopic (exact) mass is 490 g/mol. The first-order chi connectivity index (χ1) is 15.6. The van der Waals surface area contributed by atoms with Crippen LogP contribution in [-0.2, 0) is 30.5 Å². The molecule has 0 aromatic heterocycles. The maximum atomic E-state index is 12.9. The summed E-state index contributed by atoms with van der Waals surface area (Å²) < 4.78 is 70.7. The first-order valence-corrected chi connectivity index (χ1v) is 12.6. The second-order valence-electron chi connectivity index (χ2n) is 8.46. The van der Waals surface area contributed by atoms with Gasteiger partial charge in [-0.15, -0.1) is 0 Å². The molecular weight excluding hydrogens is 461 g/mol. The van der Waals surface area contributed by atoms with Gasteiger partial charge in [0.1, 0.15) is 0 Å². The number of carbonyl (C=O) groups excluding carboxylic acids is 2. The molecule has 0 radical (unpaired) electrons. The zero-order valence-corrected chi connectivity index (χ0v) is 19.2. The summed E-state index contributed by atoms with van der Waals surface area (Å²) in [5.74, 6) is -1.33. The van der Waals surface area contributed by atoms with Crippen LogP contribution in [0.15, 0.2) is 29.2 Å². The van der Waals surface area contributed by atoms with Crippen LogP contribution in [0.4, 0.5) is 13.2 Å². The Labute approximate surface area is 191 Å². The fourth-order valence-corrected chi connectivity index (χ4v) is 5.67. The van der Waals surface area contributed by atoms with Gasteiger partial charge < -0.3 is 9.64 Å². The zero-order valence-electron chi connectivity index (χ0n) is 18.3. The molecule has 0 atom stereocenters. The molecule has 0 N–H and O–H groups in total. The second-order valence-corrected chi connectivity index (χ2v) is 10.4. The molecule has 2 saturated heterocycles. The number of hydrogen-bond donors (Lipinski definition) is 0. The van der Waals surface area contributed by atoms with Gasteiger partial charge >= 0.3 is 12.1 Å². The Morgan fingerprint density at radius 1 is 0.970 bits per heavy atom. The summed E-state index contributed by atoms with van der Waals surface area (Å²) in [6.07, 6.45) is 0.878. The zero-order chi connectivity index (χ0) is 24.1. The van der Waals surface area contributed by atoms with Gasteiger partial charge in [-0.3, -0.25) is 9.59 Å². The van der Waals surface area contributed by atoms with Crippen molar-refractivity contribution in [3.63, 3.8) is 0 Å². The summed E-state index contributed by atoms with van der Waals surface area (Å²) in [4.78, 5) is 26.1. The van der Waals surface area contributed by atoms with Crippen molar-refractivity contribution >= 4 is 21.9 Å². The summed E-state index contributed by atoms with van der Waals surface area (Å²) in [6.45, 7) is 0.947. The van der Waals surface area contributed by atoms with E-state index in [0.717, 1.165) is 48.2 Å². The van der Waals surface area contributed by atoms with Gasteiger partial charge in [-0.05, 0) is 43.9 Å². The number of likely N-dealkylation sites (tertiary alicyclic amines) is 1. The van der Waals surface area contributed by atoms with Crippen molar-refractivity contribution in [2.45, 2.75) is 56.0 Å². The highest BCUT2D eigenvalue weighted by atomic mass is 32.2. The van der Waals surface area contributed by atoms with E-state index in [4.69, 9.17) is 4.74 Å². The highest BCUT2D eigenvalue weighted by Gasteiger charge is 2.35. The maximum absolute atomic E-state index is 12.9. The Hall–Kier alpha value is -2.14. The highest BCUT2D eigenvalue weighted by Crippen LogP contribution is 2.32. The van der Waals surface area contributed by atoms with E-state index in [-0.39, 0.29) is 38.4 Å². The molecule has 0 saturated carbocycles. The Morgan fingerprint density at radius 2 is 1.58 bits per heavy atom. The van der Waals surface area contributed by atoms with Gasteiger partial charge in [-0.25, -0.2) is 8.42 Å². The average Bonchev–Trinajstić information content (AvgIpc) is 2.76. The van der Waals surface area contributed by atoms with Crippen molar-refractivity contribution in [3.05, 3.63) is 29.8 Å². The van der Waals surface area contributed by atoms with E-state index in [0.29, 0.717) is 19.2 Å². The summed E-state index contributed by atoms with van der Waals surface area (Å²) in [6, 6.07) is 3.62. The van der Waals surface area contributed by atoms with Crippen LogP contribution >= 0.6 is 0 Å². The number of esters is 1. The third kappa shape index (κ3) is 6.69. The molecule has 2 heterocycles. The van der Waals surface area contributed by atoms with Crippen molar-refractivity contribution in [2.24, 2.45) is 5.92 Å². The number of sulfonamides is 1. The molecule has 3 rings (SSSR count). The molecule has 0 unspecified atom stereocenters. The van der Waals surface area contributed by atoms with Gasteiger partial charge in [-0.1, -0.05) is 25.3 Å². The highest BCUT2D eigenvalue weighted by molar-refractivity contribution is 7.89. The predicted octanol–water partition coefficient (Wildman–Crippen LogP) is 3.44. The van der Waals surface area contributed by atoms with Crippen molar-refractivity contribution in [1.29, 1.82) is 0 Å². The van der Waals surface area contributed by atoms with E-state index in [1.54, 1.807) is 4.90 Å². The van der Waals surface area contributed by atoms with E-state index in [1.807, 2.05) is 0 Å². The number of carbonyl (C=O) groups is 2. The van der Waals surface area contributed by atoms with Gasteiger partial charge in [0.2, 0.25) is 10.0 Å². The average molecular weight is 491 g/mol. The predicted molar refractivity (Wildman–Crippen MR) is 114 cm³/mol. The number of piperidine rings is 1. The van der Waals surface area contributed by atoms with Gasteiger partial charge in [0.15, 0.2) is 6.61 Å². The number of ether oxygens (including phenoxy) is 1. The topological polar surface area (TPSA) is 84.0 Å². The minimum atomic E-state index is -4.65. The third-order valence-electron chi connectivity index (χ3n) is 6.13. The fraction of sp³-hybridized carbons (Fsp3) is 0.636. The Balaban J connectivity index is 1.51. The first-order valence-electron chi connectivity index (χ1n) is 11.2. The van der Waals surface area contributed by atoms with Crippen molar-refractivity contribution in [1.82, 2.24) is 9.21 Å². The number of alkyl halides is 3. The van der Waals surface area contributed by atoms with Gasteiger partial charge in [0, 0.05) is 26.2 Å². The van der Waals surface area contributed by atoms with Crippen LogP contribution in [0.2, 0.25) is 0 Å². The molecule has 11 heteroatoms. The summed E-state index contributed by atoms with van der Waals surface area (Å²) >= 11 is 0. The molecule has 1 aromatic rings. The molecule has 0 aliphatic carbocycles. The molecule has 2 aliphatic rings. The molecule has 7 nitrogen and oxygen atoms in total. The summed E-state index contributed by atoms with van der Waals surface area (Å²) in [5.41, 5.74) is -1.04. The molecule has 184 valence electrons. The van der Waals surface area contributed by atoms with E-state index in [1.165, 1.54) is 6.42 Å². The van der Waals surface area contributed by atoms with Crippen LogP contribution in [0.3, 0.4) is 0 Å². The van der Waals surface area contributed by atoms with Gasteiger partial charge in [-0.2, -0.15) is 17.5 Å². The van der Waals surface area contributed by atoms with Gasteiger partial charge in [0.25, 0.3) is 5.91 Å². The minimum absolute atomic E-state index is 0.0155. The van der Waals surface area contributed by atoms with Crippen LogP contribution in [0, 0.1) is 5.92 Å². The lowest BCUT2D eigenvalue weighted by Crippen LogP contribution is -2.41. The fourth-order valence-electron chi connectivity index (χ4n) is 4.15. The standard InChI is InChI=1S/C22H29F3N2O5S/c23-22(24,25)18-7-6-8-19(15-18)33(30,31)27-13-9-17(10-14-27)21(29)32-16-20(28)26-11-4-2-1-3-5-12-26/h6-8,15,17H,1-5,9-14,16H2. The molecule has 1 amide bonds. The van der Waals surface area contributed by atoms with Crippen LogP contribution in [0.1, 0.15) is 50.5 Å². The van der Waals surface area contributed by atoms with Crippen molar-refractivity contribution in [3.8, 4) is 0 Å². The third-order valence-corrected chi connectivity index (χ3v) is 8.03. The van der Waals surface area contributed by atoms with Gasteiger partial charge in [0.05, 0.1) is 16.4 Å². The molecule has 0 spiro atoms. The van der Waals surface area contributed by atoms with Crippen molar-refractivity contribution < 1.29 is 35.9 Å². The lowest BCUT2D eigenvalue weighted by molar-refractivity contribution is -0.156. The largest absolute Gasteiger partial charge is 0.455 e. The SMILES string of the molecule is O=C(OCC(=O)N1CCCCCCC1)C1CCN(S(=O)(=O)c2cccc(C(F)(F)F)c2)CC1. The number of halogens is 3. The molecule has 1 aromatic carbocycles. The quantitative estimate of drug-likeness (QED) is 0.591. The number of hydrogen-bond acceptors (Lipinski definition) is 5. The van der Waals surface area contributed by atoms with Crippen LogP contribution < -0.4 is 0 Å². The minimum Gasteiger partial charge on any atom is -0.455 e. The normalized spacial score (nSPS) is 19.5. The van der Waals surface area contributed by atoms with E-state index in [9.17, 15) is 31.2 Å². The van der Waals surface area contributed by atoms with E-state index < -0.39 is 38.5 Å². The van der Waals surface area contributed by atoms with E-state index in [2.05, 4.69) is 0 Å². The molecule has 33 heavy (non-hydrogen) atoms. The molecule has 0 bridgehead atoms. The van der Waals surface area contributed by atoms with Crippen LogP contribution in [0.25, 0.3) is 0 Å². The lowest BCUT2D eigenvalue weighted by atomic mass is 9.98. The van der Waals surface area contributed by atoms with Crippen LogP contribution in [0.5, 0.6) is 0 Å². The summed E-state index contributed by atoms with van der Waals surface area (Å²) in [5, 5.41) is 0. The number of nitrogens with zero attached hydrogens (tertiary/aromatic N) is 2. The molecular formula is C22H29F3N2O5S. The Morgan fingerprint density at radius 3 is 2.18 bits per heavy atom. The van der Waals surface area contributed by atoms with Crippen LogP contribution in [-0.4, -0.2) is 62.3 Å².